The summed E-state index contributed by atoms with van der Waals surface area (Å²) in [5.74, 6) is -1.51. The third-order valence-electron chi connectivity index (χ3n) is 13.1. The van der Waals surface area contributed by atoms with E-state index in [1.807, 2.05) is 0 Å². The van der Waals surface area contributed by atoms with E-state index < -0.39 is 57.8 Å². The lowest BCUT2D eigenvalue weighted by Crippen LogP contribution is -2.30. The second-order valence-corrected chi connectivity index (χ2v) is 22.3. The smallest absolute Gasteiger partial charge is 0.462 e. The molecule has 0 saturated carbocycles. The van der Waals surface area contributed by atoms with E-state index in [0.717, 1.165) is 161 Å². The highest BCUT2D eigenvalue weighted by molar-refractivity contribution is 7.47. The minimum atomic E-state index is -4.77. The van der Waals surface area contributed by atoms with Crippen molar-refractivity contribution in [3.63, 3.8) is 0 Å². The second kappa shape index (κ2) is 61.2. The molecule has 3 atom stereocenters. The summed E-state index contributed by atoms with van der Waals surface area (Å²) in [5, 5.41) is 9.86. The molecule has 12 heteroatoms. The van der Waals surface area contributed by atoms with Gasteiger partial charge < -0.3 is 24.2 Å². The third kappa shape index (κ3) is 58.8. The van der Waals surface area contributed by atoms with Crippen LogP contribution in [0, 0.1) is 0 Å². The summed E-state index contributed by atoms with van der Waals surface area (Å²) in [4.78, 5) is 48.7. The van der Waals surface area contributed by atoms with Crippen molar-refractivity contribution in [1.29, 1.82) is 0 Å². The maximum atomic E-state index is 13.0. The number of phosphoric acid groups is 1. The van der Waals surface area contributed by atoms with Crippen LogP contribution in [0.25, 0.3) is 0 Å². The number of aliphatic hydroxyl groups excluding tert-OH is 1. The molecule has 0 amide bonds. The van der Waals surface area contributed by atoms with Crippen LogP contribution in [0.2, 0.25) is 0 Å². The molecule has 0 aromatic carbocycles. The Balaban J connectivity index is 4.75. The van der Waals surface area contributed by atoms with Crippen LogP contribution in [0.4, 0.5) is 0 Å². The summed E-state index contributed by atoms with van der Waals surface area (Å²) in [5.41, 5.74) is 0. The third-order valence-corrected chi connectivity index (χ3v) is 14.1. The summed E-state index contributed by atoms with van der Waals surface area (Å²) in [6.07, 6.45) is 74.6. The number of esters is 3. The van der Waals surface area contributed by atoms with Gasteiger partial charge in [-0.3, -0.25) is 23.4 Å². The van der Waals surface area contributed by atoms with E-state index in [1.165, 1.54) is 44.9 Å². The molecule has 11 nitrogen and oxygen atoms in total. The molecule has 0 heterocycles. The van der Waals surface area contributed by atoms with Gasteiger partial charge in [0.2, 0.25) is 0 Å². The highest BCUT2D eigenvalue weighted by atomic mass is 31.2. The van der Waals surface area contributed by atoms with Gasteiger partial charge in [-0.15, -0.1) is 0 Å². The Bertz CT molecular complexity index is 1760. The van der Waals surface area contributed by atoms with E-state index in [-0.39, 0.29) is 25.9 Å². The number of aliphatic hydroxyl groups is 1. The van der Waals surface area contributed by atoms with Crippen LogP contribution in [0.5, 0.6) is 0 Å². The van der Waals surface area contributed by atoms with Crippen molar-refractivity contribution in [1.82, 2.24) is 0 Å². The summed E-state index contributed by atoms with van der Waals surface area (Å²) in [6, 6.07) is 0. The number of unbranched alkanes of at least 4 members (excludes halogenated alkanes) is 23. The number of phosphoric ester groups is 1. The van der Waals surface area contributed by atoms with Crippen molar-refractivity contribution < 1.29 is 52.2 Å². The summed E-state index contributed by atoms with van der Waals surface area (Å²) in [6.45, 7) is 4.45. The predicted molar refractivity (Wildman–Crippen MR) is 334 cm³/mol. The molecule has 0 spiro atoms. The molecule has 0 saturated heterocycles. The van der Waals surface area contributed by atoms with Crippen molar-refractivity contribution >= 4 is 25.7 Å². The van der Waals surface area contributed by atoms with E-state index in [0.29, 0.717) is 19.3 Å². The zero-order valence-electron chi connectivity index (χ0n) is 50.8. The number of carbonyl (C=O) groups excluding carboxylic acids is 3. The van der Waals surface area contributed by atoms with Gasteiger partial charge >= 0.3 is 25.7 Å². The molecule has 0 fully saturated rings. The molecule has 0 aromatic rings. The molecule has 0 radical (unpaired) electrons. The Morgan fingerprint density at radius 1 is 0.362 bits per heavy atom. The number of ether oxygens (including phenoxy) is 3. The Hall–Kier alpha value is -3.86. The Kier molecular flexibility index (Phi) is 58.3. The van der Waals surface area contributed by atoms with E-state index in [2.05, 4.69) is 130 Å². The molecule has 0 rings (SSSR count). The summed E-state index contributed by atoms with van der Waals surface area (Å²) < 4.78 is 39.6. The molecule has 80 heavy (non-hydrogen) atoms. The van der Waals surface area contributed by atoms with E-state index in [1.54, 1.807) is 0 Å². The monoisotopic (exact) mass is 1140 g/mol. The van der Waals surface area contributed by atoms with Crippen LogP contribution >= 0.6 is 7.82 Å². The molecule has 0 aliphatic carbocycles. The second-order valence-electron chi connectivity index (χ2n) is 20.8. The maximum absolute atomic E-state index is 13.0. The molecule has 0 aliphatic heterocycles. The highest BCUT2D eigenvalue weighted by Crippen LogP contribution is 2.43. The minimum Gasteiger partial charge on any atom is -0.462 e. The largest absolute Gasteiger partial charge is 0.472 e. The predicted octanol–water partition coefficient (Wildman–Crippen LogP) is 19.4. The number of hydrogen-bond donors (Lipinski definition) is 2. The average molecular weight is 1140 g/mol. The van der Waals surface area contributed by atoms with Crippen LogP contribution in [-0.2, 0) is 42.2 Å². The highest BCUT2D eigenvalue weighted by Gasteiger charge is 2.28. The van der Waals surface area contributed by atoms with Crippen LogP contribution in [0.1, 0.15) is 265 Å². The average Bonchev–Trinajstić information content (AvgIpc) is 3.45. The topological polar surface area (TPSA) is 155 Å². The van der Waals surface area contributed by atoms with E-state index >= 15 is 0 Å². The van der Waals surface area contributed by atoms with Gasteiger partial charge in [-0.1, -0.05) is 226 Å². The fourth-order valence-corrected chi connectivity index (χ4v) is 9.11. The van der Waals surface area contributed by atoms with Crippen LogP contribution in [0.3, 0.4) is 0 Å². The molecular weight excluding hydrogens is 1020 g/mol. The van der Waals surface area contributed by atoms with Crippen molar-refractivity contribution in [2.45, 2.75) is 277 Å². The van der Waals surface area contributed by atoms with Gasteiger partial charge in [0.05, 0.1) is 19.8 Å². The quantitative estimate of drug-likeness (QED) is 0.0197. The van der Waals surface area contributed by atoms with Crippen molar-refractivity contribution in [3.05, 3.63) is 109 Å². The van der Waals surface area contributed by atoms with Gasteiger partial charge in [0, 0.05) is 19.3 Å². The first-order valence-electron chi connectivity index (χ1n) is 31.8. The number of allylic oxidation sites excluding steroid dienone is 18. The normalized spacial score (nSPS) is 14.0. The number of carbonyl (C=O) groups is 3. The Morgan fingerprint density at radius 3 is 1.00 bits per heavy atom. The fraction of sp³-hybridized carbons (Fsp3) is 0.691. The maximum Gasteiger partial charge on any atom is 0.472 e. The minimum absolute atomic E-state index is 0.142. The fourth-order valence-electron chi connectivity index (χ4n) is 8.33. The first kappa shape index (κ1) is 76.1. The van der Waals surface area contributed by atoms with Crippen molar-refractivity contribution in [2.75, 3.05) is 26.4 Å². The van der Waals surface area contributed by atoms with Gasteiger partial charge in [0.1, 0.15) is 12.7 Å². The van der Waals surface area contributed by atoms with Gasteiger partial charge in [-0.25, -0.2) is 4.57 Å². The van der Waals surface area contributed by atoms with Crippen LogP contribution in [0.15, 0.2) is 109 Å². The standard InChI is InChI=1S/C68H115O11P/c1-4-7-10-13-16-19-22-25-28-30-32-34-37-40-43-46-49-52-55-58-67(71)78-64(60-69)62-76-80(73,74)77-63-65(61-75-66(70)57-54-51-48-45-42-39-36-27-24-21-18-15-12-9-6-3)79-68(72)59-56-53-50-47-44-41-38-35-33-31-29-26-23-20-17-14-11-8-5-2/h8,11,16-21,25-29,32-36,64-65,69H,4-7,9-10,12-15,22-24,30-31,37-63H2,1-3H3,(H,73,74)/b11-8-,19-16-,20-17-,21-18-,28-25-,29-26-,34-32-,35-33-,36-27-. The molecule has 458 valence electrons. The summed E-state index contributed by atoms with van der Waals surface area (Å²) in [7, 11) is -4.77. The first-order valence-corrected chi connectivity index (χ1v) is 33.3. The molecule has 2 N–H and O–H groups in total. The van der Waals surface area contributed by atoms with Crippen molar-refractivity contribution in [2.24, 2.45) is 0 Å². The SMILES string of the molecule is CC/C=C\C/C=C\C/C=C\C/C=C\CCCCCCCCC(=O)OC(COC(=O)CCCCCCC/C=C\C/C=C\CCCCC)COP(=O)(O)OCC(CO)OC(=O)CCCCCCCC/C=C\C/C=C\C/C=C\CCCCC. The van der Waals surface area contributed by atoms with Gasteiger partial charge in [-0.05, 0) is 128 Å². The summed E-state index contributed by atoms with van der Waals surface area (Å²) >= 11 is 0. The lowest BCUT2D eigenvalue weighted by Gasteiger charge is -2.21. The zero-order chi connectivity index (χ0) is 58.3. The molecule has 0 bridgehead atoms. The van der Waals surface area contributed by atoms with Crippen molar-refractivity contribution in [3.8, 4) is 0 Å². The molecule has 3 unspecified atom stereocenters. The van der Waals surface area contributed by atoms with Gasteiger partial charge in [0.15, 0.2) is 6.10 Å². The Morgan fingerprint density at radius 2 is 0.650 bits per heavy atom. The van der Waals surface area contributed by atoms with E-state index in [9.17, 15) is 28.9 Å². The van der Waals surface area contributed by atoms with E-state index in [4.69, 9.17) is 23.3 Å². The van der Waals surface area contributed by atoms with Gasteiger partial charge in [0.25, 0.3) is 0 Å². The Labute approximate surface area is 488 Å². The first-order chi connectivity index (χ1) is 39.2. The number of rotatable bonds is 58. The van der Waals surface area contributed by atoms with Crippen LogP contribution in [-0.4, -0.2) is 66.5 Å². The molecular formula is C68H115O11P. The lowest BCUT2D eigenvalue weighted by atomic mass is 10.1. The molecule has 0 aliphatic rings. The lowest BCUT2D eigenvalue weighted by molar-refractivity contribution is -0.161. The zero-order valence-corrected chi connectivity index (χ0v) is 51.7. The number of hydrogen-bond acceptors (Lipinski definition) is 10. The van der Waals surface area contributed by atoms with Gasteiger partial charge in [-0.2, -0.15) is 0 Å². The molecule has 0 aromatic heterocycles. The van der Waals surface area contributed by atoms with Crippen LogP contribution < -0.4 is 0 Å².